The number of Topliss-reactive ketones (excluding diaryl/α,β-unsaturated/α-hetero) is 1. The maximum absolute atomic E-state index is 12.2. The van der Waals surface area contributed by atoms with Gasteiger partial charge in [0.25, 0.3) is 0 Å². The zero-order valence-electron chi connectivity index (χ0n) is 14.2. The molecule has 6 heteroatoms. The van der Waals surface area contributed by atoms with Crippen molar-refractivity contribution in [2.75, 3.05) is 14.2 Å². The van der Waals surface area contributed by atoms with Crippen molar-refractivity contribution < 1.29 is 23.9 Å². The van der Waals surface area contributed by atoms with Gasteiger partial charge in [-0.3, -0.25) is 14.4 Å². The summed E-state index contributed by atoms with van der Waals surface area (Å²) >= 11 is 0. The number of ketones is 1. The van der Waals surface area contributed by atoms with Crippen LogP contribution in [-0.4, -0.2) is 31.9 Å². The first-order chi connectivity index (χ1) is 10.1. The molecular formula is C16H27NO5. The molecule has 2 atom stereocenters. The molecule has 126 valence electrons. The molecule has 0 bridgehead atoms. The van der Waals surface area contributed by atoms with E-state index in [1.165, 1.54) is 20.3 Å². The maximum atomic E-state index is 12.2. The zero-order valence-corrected chi connectivity index (χ0v) is 14.2. The van der Waals surface area contributed by atoms with Crippen molar-refractivity contribution in [3.63, 3.8) is 0 Å². The van der Waals surface area contributed by atoms with Gasteiger partial charge in [-0.2, -0.15) is 0 Å². The van der Waals surface area contributed by atoms with E-state index in [1.54, 1.807) is 0 Å². The molecule has 0 heterocycles. The Kier molecular flexibility index (Phi) is 8.45. The number of nitrogens with two attached hydrogens (primary N) is 1. The molecule has 0 aromatic carbocycles. The molecule has 0 aliphatic heterocycles. The molecule has 0 aromatic rings. The molecule has 0 spiro atoms. The third-order valence-electron chi connectivity index (χ3n) is 3.59. The lowest BCUT2D eigenvalue weighted by molar-refractivity contribution is -0.148. The van der Waals surface area contributed by atoms with E-state index in [9.17, 15) is 14.4 Å². The van der Waals surface area contributed by atoms with Crippen LogP contribution in [0.2, 0.25) is 0 Å². The third kappa shape index (κ3) is 5.87. The second-order valence-electron chi connectivity index (χ2n) is 5.92. The van der Waals surface area contributed by atoms with Gasteiger partial charge in [-0.1, -0.05) is 27.7 Å². The number of allylic oxidation sites excluding steroid dienone is 1. The minimum atomic E-state index is -0.593. The summed E-state index contributed by atoms with van der Waals surface area (Å²) in [6, 6.07) is 0. The van der Waals surface area contributed by atoms with Crippen LogP contribution in [0.15, 0.2) is 11.8 Å². The average Bonchev–Trinajstić information content (AvgIpc) is 2.47. The van der Waals surface area contributed by atoms with E-state index in [4.69, 9.17) is 15.2 Å². The lowest BCUT2D eigenvalue weighted by Gasteiger charge is -2.18. The number of hydrogen-bond donors (Lipinski definition) is 1. The summed E-state index contributed by atoms with van der Waals surface area (Å²) in [5.74, 6) is -2.52. The topological polar surface area (TPSA) is 95.7 Å². The Balaban J connectivity index is 5.13. The highest BCUT2D eigenvalue weighted by molar-refractivity contribution is 5.97. The predicted molar refractivity (Wildman–Crippen MR) is 82.6 cm³/mol. The Labute approximate surface area is 132 Å². The van der Waals surface area contributed by atoms with E-state index in [0.29, 0.717) is 0 Å². The molecule has 0 saturated carbocycles. The highest BCUT2D eigenvalue weighted by atomic mass is 16.5. The molecule has 0 amide bonds. The second kappa shape index (κ2) is 9.23. The van der Waals surface area contributed by atoms with Gasteiger partial charge in [-0.25, -0.2) is 0 Å². The Morgan fingerprint density at radius 1 is 0.955 bits per heavy atom. The average molecular weight is 313 g/mol. The van der Waals surface area contributed by atoms with Crippen LogP contribution in [0.5, 0.6) is 0 Å². The monoisotopic (exact) mass is 313 g/mol. The molecule has 0 aliphatic carbocycles. The van der Waals surface area contributed by atoms with Crippen molar-refractivity contribution in [2.45, 2.75) is 34.1 Å². The Bertz CT molecular complexity index is 440. The van der Waals surface area contributed by atoms with Gasteiger partial charge in [-0.15, -0.1) is 0 Å². The number of carbonyl (C=O) groups is 3. The smallest absolute Gasteiger partial charge is 0.312 e. The minimum Gasteiger partial charge on any atom is -0.469 e. The van der Waals surface area contributed by atoms with Crippen molar-refractivity contribution in [2.24, 2.45) is 29.4 Å². The van der Waals surface area contributed by atoms with Gasteiger partial charge in [0.05, 0.1) is 31.8 Å². The first kappa shape index (κ1) is 20.1. The summed E-state index contributed by atoms with van der Waals surface area (Å²) in [5.41, 5.74) is 5.76. The molecule has 0 aromatic heterocycles. The number of carbonyl (C=O) groups excluding carboxylic acids is 3. The van der Waals surface area contributed by atoms with Gasteiger partial charge in [0, 0.05) is 6.42 Å². The van der Waals surface area contributed by atoms with Crippen LogP contribution < -0.4 is 5.73 Å². The largest absolute Gasteiger partial charge is 0.469 e. The first-order valence-corrected chi connectivity index (χ1v) is 7.31. The van der Waals surface area contributed by atoms with Crippen molar-refractivity contribution >= 4 is 17.7 Å². The number of esters is 2. The van der Waals surface area contributed by atoms with Gasteiger partial charge >= 0.3 is 11.9 Å². The number of methoxy groups -OCH3 is 2. The number of hydrogen-bond acceptors (Lipinski definition) is 6. The number of ether oxygens (including phenoxy) is 2. The fourth-order valence-corrected chi connectivity index (χ4v) is 2.02. The minimum absolute atomic E-state index is 0.0290. The lowest BCUT2D eigenvalue weighted by atomic mass is 9.88. The van der Waals surface area contributed by atoms with E-state index in [1.807, 2.05) is 27.7 Å². The lowest BCUT2D eigenvalue weighted by Crippen LogP contribution is -2.28. The summed E-state index contributed by atoms with van der Waals surface area (Å²) in [4.78, 5) is 35.6. The van der Waals surface area contributed by atoms with Gasteiger partial charge in [0.2, 0.25) is 0 Å². The fourth-order valence-electron chi connectivity index (χ4n) is 2.02. The van der Waals surface area contributed by atoms with Crippen LogP contribution in [-0.2, 0) is 23.9 Å². The SMILES string of the molecule is COC(=O)[C@@H](/C=C(\N)C(=O)C[C@H](C(=O)OC)C(C)C)C(C)C. The second-order valence-corrected chi connectivity index (χ2v) is 5.92. The van der Waals surface area contributed by atoms with Crippen LogP contribution in [0.1, 0.15) is 34.1 Å². The van der Waals surface area contributed by atoms with E-state index < -0.39 is 23.8 Å². The summed E-state index contributed by atoms with van der Waals surface area (Å²) in [6.07, 6.45) is 1.37. The van der Waals surface area contributed by atoms with Gasteiger partial charge in [-0.05, 0) is 17.9 Å². The Morgan fingerprint density at radius 2 is 1.45 bits per heavy atom. The molecule has 0 saturated heterocycles. The van der Waals surface area contributed by atoms with E-state index in [-0.39, 0.29) is 29.7 Å². The van der Waals surface area contributed by atoms with Crippen LogP contribution in [0, 0.1) is 23.7 Å². The van der Waals surface area contributed by atoms with E-state index >= 15 is 0 Å². The van der Waals surface area contributed by atoms with Crippen molar-refractivity contribution in [3.8, 4) is 0 Å². The van der Waals surface area contributed by atoms with Gasteiger partial charge in [0.1, 0.15) is 0 Å². The van der Waals surface area contributed by atoms with Crippen molar-refractivity contribution in [3.05, 3.63) is 11.8 Å². The molecule has 6 nitrogen and oxygen atoms in total. The molecule has 2 N–H and O–H groups in total. The summed E-state index contributed by atoms with van der Waals surface area (Å²) in [7, 11) is 2.57. The van der Waals surface area contributed by atoms with Crippen LogP contribution in [0.25, 0.3) is 0 Å². The maximum Gasteiger partial charge on any atom is 0.312 e. The van der Waals surface area contributed by atoms with Gasteiger partial charge < -0.3 is 15.2 Å². The normalized spacial score (nSPS) is 14.6. The Hall–Kier alpha value is -1.85. The summed E-state index contributed by atoms with van der Waals surface area (Å²) < 4.78 is 9.41. The molecular weight excluding hydrogens is 286 g/mol. The summed E-state index contributed by atoms with van der Waals surface area (Å²) in [5, 5.41) is 0. The van der Waals surface area contributed by atoms with Gasteiger partial charge in [0.15, 0.2) is 5.78 Å². The summed E-state index contributed by atoms with van der Waals surface area (Å²) in [6.45, 7) is 7.34. The highest BCUT2D eigenvalue weighted by Gasteiger charge is 2.28. The van der Waals surface area contributed by atoms with Crippen molar-refractivity contribution in [1.29, 1.82) is 0 Å². The molecule has 0 aliphatic rings. The standard InChI is InChI=1S/C16H27NO5/c1-9(2)11(15(19)21-5)7-13(17)14(18)8-12(10(3)4)16(20)22-6/h7,9-12H,8,17H2,1-6H3/b13-7-/t11-,12-/m0/s1. The first-order valence-electron chi connectivity index (χ1n) is 7.31. The van der Waals surface area contributed by atoms with Crippen molar-refractivity contribution in [1.82, 2.24) is 0 Å². The van der Waals surface area contributed by atoms with E-state index in [2.05, 4.69) is 0 Å². The molecule has 0 rings (SSSR count). The predicted octanol–water partition coefficient (Wildman–Crippen LogP) is 1.68. The quantitative estimate of drug-likeness (QED) is 0.541. The molecule has 0 fully saturated rings. The molecule has 0 unspecified atom stereocenters. The zero-order chi connectivity index (χ0) is 17.4. The molecule has 22 heavy (non-hydrogen) atoms. The van der Waals surface area contributed by atoms with Crippen LogP contribution in [0.4, 0.5) is 0 Å². The van der Waals surface area contributed by atoms with Crippen LogP contribution >= 0.6 is 0 Å². The van der Waals surface area contributed by atoms with E-state index in [0.717, 1.165) is 0 Å². The number of rotatable bonds is 8. The molecule has 0 radical (unpaired) electrons. The Morgan fingerprint density at radius 3 is 1.82 bits per heavy atom. The fraction of sp³-hybridized carbons (Fsp3) is 0.688. The highest BCUT2D eigenvalue weighted by Crippen LogP contribution is 2.20. The van der Waals surface area contributed by atoms with Crippen LogP contribution in [0.3, 0.4) is 0 Å². The third-order valence-corrected chi connectivity index (χ3v) is 3.59.